The number of nitrogens with two attached hydrogens (primary N) is 1. The summed E-state index contributed by atoms with van der Waals surface area (Å²) in [7, 11) is 0. The van der Waals surface area contributed by atoms with Crippen LogP contribution < -0.4 is 10.5 Å². The van der Waals surface area contributed by atoms with E-state index in [9.17, 15) is 14.4 Å². The number of aromatic nitrogens is 1. The van der Waals surface area contributed by atoms with E-state index in [-0.39, 0.29) is 12.0 Å². The standard InChI is InChI=1S/C27H30N2O3S.C6H8O3/c1-4-31-27(30)20(3)14-19(2)15-23-18-33-26(29-23)25(28)16-21-10-12-24(13-11-21)32-17-22-8-6-5-7-9-22;7-4-5(8)6-2-1-3-9-6/h5-15,18,25H,4,16-17,28H2,1-3H3;4,6H,1-3H2/b19-15+,20-14-;/t25-;/m0./s1. The molecule has 0 amide bonds. The third-order valence-electron chi connectivity index (χ3n) is 6.26. The van der Waals surface area contributed by atoms with Crippen molar-refractivity contribution in [3.05, 3.63) is 99.0 Å². The summed E-state index contributed by atoms with van der Waals surface area (Å²) in [5.41, 5.74) is 11.0. The lowest BCUT2D eigenvalue weighted by Crippen LogP contribution is -2.19. The van der Waals surface area contributed by atoms with Gasteiger partial charge in [-0.25, -0.2) is 9.78 Å². The van der Waals surface area contributed by atoms with Crippen LogP contribution in [0.4, 0.5) is 0 Å². The Morgan fingerprint density at radius 1 is 1.12 bits per heavy atom. The van der Waals surface area contributed by atoms with E-state index in [0.717, 1.165) is 39.6 Å². The van der Waals surface area contributed by atoms with Gasteiger partial charge >= 0.3 is 5.97 Å². The van der Waals surface area contributed by atoms with Gasteiger partial charge in [0.25, 0.3) is 0 Å². The summed E-state index contributed by atoms with van der Waals surface area (Å²) in [6, 6.07) is 17.9. The zero-order valence-electron chi connectivity index (χ0n) is 24.3. The molecule has 1 unspecified atom stereocenters. The van der Waals surface area contributed by atoms with Crippen LogP contribution in [0.15, 0.2) is 77.2 Å². The molecule has 2 aromatic carbocycles. The highest BCUT2D eigenvalue weighted by atomic mass is 32.1. The first kappa shape index (κ1) is 32.6. The molecule has 2 heterocycles. The molecule has 1 fully saturated rings. The lowest BCUT2D eigenvalue weighted by molar-refractivity contribution is -0.138. The van der Waals surface area contributed by atoms with Gasteiger partial charge in [0.1, 0.15) is 23.5 Å². The number of ketones is 1. The number of ether oxygens (including phenoxy) is 3. The molecular formula is C33H38N2O6S. The van der Waals surface area contributed by atoms with E-state index in [2.05, 4.69) is 4.98 Å². The number of esters is 1. The third kappa shape index (κ3) is 10.8. The average molecular weight is 591 g/mol. The van der Waals surface area contributed by atoms with Crippen LogP contribution in [-0.4, -0.2) is 42.3 Å². The Morgan fingerprint density at radius 3 is 2.50 bits per heavy atom. The van der Waals surface area contributed by atoms with Gasteiger partial charge in [-0.3, -0.25) is 9.59 Å². The second kappa shape index (κ2) is 17.1. The number of thiazole rings is 1. The van der Waals surface area contributed by atoms with Crippen LogP contribution in [-0.2, 0) is 36.9 Å². The van der Waals surface area contributed by atoms with Gasteiger partial charge in [-0.2, -0.15) is 0 Å². The highest BCUT2D eigenvalue weighted by Gasteiger charge is 2.22. The lowest BCUT2D eigenvalue weighted by Gasteiger charge is -2.10. The number of Topliss-reactive ketones (excluding diaryl/α,β-unsaturated/α-hetero) is 1. The molecule has 222 valence electrons. The van der Waals surface area contributed by atoms with Crippen LogP contribution in [0.3, 0.4) is 0 Å². The Bertz CT molecular complexity index is 1360. The summed E-state index contributed by atoms with van der Waals surface area (Å²) in [5.74, 6) is 0.106. The molecule has 0 aliphatic carbocycles. The van der Waals surface area contributed by atoms with E-state index in [1.807, 2.05) is 73.0 Å². The van der Waals surface area contributed by atoms with Crippen molar-refractivity contribution in [1.82, 2.24) is 4.98 Å². The molecular weight excluding hydrogens is 552 g/mol. The maximum Gasteiger partial charge on any atom is 0.333 e. The van der Waals surface area contributed by atoms with Gasteiger partial charge in [0.2, 0.25) is 5.78 Å². The van der Waals surface area contributed by atoms with Gasteiger partial charge < -0.3 is 19.9 Å². The maximum absolute atomic E-state index is 11.8. The Labute approximate surface area is 251 Å². The first-order valence-corrected chi connectivity index (χ1v) is 14.8. The quantitative estimate of drug-likeness (QED) is 0.0923. The van der Waals surface area contributed by atoms with Crippen LogP contribution in [0.5, 0.6) is 5.75 Å². The second-order valence-electron chi connectivity index (χ2n) is 9.80. The normalized spacial score (nSPS) is 15.8. The second-order valence-corrected chi connectivity index (χ2v) is 10.7. The summed E-state index contributed by atoms with van der Waals surface area (Å²) in [4.78, 5) is 36.8. The smallest absolute Gasteiger partial charge is 0.333 e. The minimum Gasteiger partial charge on any atom is -0.489 e. The molecule has 1 aliphatic rings. The summed E-state index contributed by atoms with van der Waals surface area (Å²) in [5, 5.41) is 2.86. The van der Waals surface area contributed by atoms with Crippen molar-refractivity contribution in [2.45, 2.75) is 58.8 Å². The minimum atomic E-state index is -0.428. The van der Waals surface area contributed by atoms with Crippen molar-refractivity contribution in [3.63, 3.8) is 0 Å². The fourth-order valence-corrected chi connectivity index (χ4v) is 4.92. The number of hydrogen-bond donors (Lipinski definition) is 1. The number of allylic oxidation sites excluding steroid dienone is 2. The Morgan fingerprint density at radius 2 is 1.86 bits per heavy atom. The maximum atomic E-state index is 11.8. The number of aldehydes is 1. The Balaban J connectivity index is 0.000000458. The summed E-state index contributed by atoms with van der Waals surface area (Å²) >= 11 is 1.54. The fourth-order valence-electron chi connectivity index (χ4n) is 4.14. The van der Waals surface area contributed by atoms with E-state index in [4.69, 9.17) is 19.9 Å². The number of hydrogen-bond acceptors (Lipinski definition) is 9. The molecule has 0 saturated carbocycles. The van der Waals surface area contributed by atoms with Crippen molar-refractivity contribution < 1.29 is 28.6 Å². The largest absolute Gasteiger partial charge is 0.489 e. The van der Waals surface area contributed by atoms with Crippen molar-refractivity contribution in [3.8, 4) is 5.75 Å². The molecule has 3 aromatic rings. The monoisotopic (exact) mass is 590 g/mol. The first-order chi connectivity index (χ1) is 20.3. The van der Waals surface area contributed by atoms with E-state index in [1.54, 1.807) is 31.3 Å². The van der Waals surface area contributed by atoms with Crippen LogP contribution in [0.1, 0.15) is 61.5 Å². The zero-order valence-corrected chi connectivity index (χ0v) is 25.1. The Hall–Kier alpha value is -3.92. The van der Waals surface area contributed by atoms with Gasteiger partial charge in [0.05, 0.1) is 18.3 Å². The molecule has 1 aliphatic heterocycles. The predicted molar refractivity (Wildman–Crippen MR) is 164 cm³/mol. The fraction of sp³-hybridized carbons (Fsp3) is 0.333. The van der Waals surface area contributed by atoms with Crippen molar-refractivity contribution in [2.24, 2.45) is 5.73 Å². The van der Waals surface area contributed by atoms with Crippen LogP contribution in [0, 0.1) is 0 Å². The molecule has 8 nitrogen and oxygen atoms in total. The number of carbonyl (C=O) groups excluding carboxylic acids is 3. The SMILES string of the molecule is CCOC(=O)/C(C)=C\C(C)=C\c1csc([C@@H](N)Cc2ccc(OCc3ccccc3)cc2)n1.O=CC(=O)C1CCCO1. The van der Waals surface area contributed by atoms with E-state index >= 15 is 0 Å². The average Bonchev–Trinajstić information content (AvgIpc) is 3.70. The summed E-state index contributed by atoms with van der Waals surface area (Å²) < 4.78 is 15.8. The third-order valence-corrected chi connectivity index (χ3v) is 7.26. The molecule has 2 N–H and O–H groups in total. The van der Waals surface area contributed by atoms with Crippen LogP contribution in [0.2, 0.25) is 0 Å². The number of benzene rings is 2. The Kier molecular flexibility index (Phi) is 13.3. The molecule has 1 saturated heterocycles. The highest BCUT2D eigenvalue weighted by molar-refractivity contribution is 7.09. The molecule has 0 spiro atoms. The van der Waals surface area contributed by atoms with E-state index in [1.165, 1.54) is 0 Å². The predicted octanol–water partition coefficient (Wildman–Crippen LogP) is 5.81. The van der Waals surface area contributed by atoms with Gasteiger partial charge in [-0.05, 0) is 81.0 Å². The van der Waals surface area contributed by atoms with E-state index < -0.39 is 11.9 Å². The number of nitrogens with zero attached hydrogens (tertiary/aromatic N) is 1. The summed E-state index contributed by atoms with van der Waals surface area (Å²) in [6.07, 6.45) is 5.93. The van der Waals surface area contributed by atoms with Gasteiger partial charge in [-0.1, -0.05) is 42.5 Å². The van der Waals surface area contributed by atoms with Gasteiger partial charge in [0.15, 0.2) is 6.29 Å². The van der Waals surface area contributed by atoms with E-state index in [0.29, 0.717) is 44.5 Å². The topological polar surface area (TPSA) is 118 Å². The van der Waals surface area contributed by atoms with Crippen LogP contribution >= 0.6 is 11.3 Å². The van der Waals surface area contributed by atoms with Gasteiger partial charge in [0, 0.05) is 17.6 Å². The molecule has 2 atom stereocenters. The molecule has 1 aromatic heterocycles. The molecule has 0 bridgehead atoms. The lowest BCUT2D eigenvalue weighted by atomic mass is 10.1. The van der Waals surface area contributed by atoms with Crippen molar-refractivity contribution in [2.75, 3.05) is 13.2 Å². The minimum absolute atomic E-state index is 0.189. The first-order valence-electron chi connectivity index (χ1n) is 13.9. The number of rotatable bonds is 12. The van der Waals surface area contributed by atoms with Crippen molar-refractivity contribution in [1.29, 1.82) is 0 Å². The molecule has 42 heavy (non-hydrogen) atoms. The van der Waals surface area contributed by atoms with Crippen molar-refractivity contribution >= 4 is 35.5 Å². The number of carbonyl (C=O) groups is 3. The zero-order chi connectivity index (χ0) is 30.3. The molecule has 4 rings (SSSR count). The summed E-state index contributed by atoms with van der Waals surface area (Å²) in [6.45, 7) is 7.00. The molecule has 0 radical (unpaired) electrons. The van der Waals surface area contributed by atoms with Gasteiger partial charge in [-0.15, -0.1) is 11.3 Å². The highest BCUT2D eigenvalue weighted by Crippen LogP contribution is 2.23. The van der Waals surface area contributed by atoms with Crippen LogP contribution in [0.25, 0.3) is 6.08 Å². The molecule has 9 heteroatoms.